The molecule has 0 N–H and O–H groups in total. The van der Waals surface area contributed by atoms with E-state index in [1.54, 1.807) is 0 Å². The maximum atomic E-state index is 13.5. The van der Waals surface area contributed by atoms with Crippen LogP contribution in [0.1, 0.15) is 17.9 Å². The Morgan fingerprint density at radius 2 is 1.75 bits per heavy atom. The summed E-state index contributed by atoms with van der Waals surface area (Å²) >= 11 is 0. The van der Waals surface area contributed by atoms with Gasteiger partial charge in [-0.2, -0.15) is 0 Å². The number of benzene rings is 1. The van der Waals surface area contributed by atoms with Crippen LogP contribution in [-0.4, -0.2) is 5.92 Å². The molecular weight excluding hydrogens is 213 g/mol. The van der Waals surface area contributed by atoms with Crippen molar-refractivity contribution in [3.8, 4) is 0 Å². The van der Waals surface area contributed by atoms with Crippen LogP contribution in [0.25, 0.3) is 0 Å². The summed E-state index contributed by atoms with van der Waals surface area (Å²) in [6.45, 7) is 6.57. The highest BCUT2D eigenvalue weighted by Crippen LogP contribution is 2.37. The fraction of sp³-hybridized carbons (Fsp3) is 0.231. The zero-order chi connectivity index (χ0) is 12.2. The van der Waals surface area contributed by atoms with E-state index in [9.17, 15) is 13.2 Å². The molecule has 0 spiro atoms. The topological polar surface area (TPSA) is 0 Å². The van der Waals surface area contributed by atoms with E-state index in [4.69, 9.17) is 0 Å². The van der Waals surface area contributed by atoms with Gasteiger partial charge >= 0.3 is 0 Å². The van der Waals surface area contributed by atoms with Gasteiger partial charge in [0.1, 0.15) is 5.82 Å². The van der Waals surface area contributed by atoms with Crippen molar-refractivity contribution in [2.24, 2.45) is 0 Å². The zero-order valence-corrected chi connectivity index (χ0v) is 8.80. The van der Waals surface area contributed by atoms with Gasteiger partial charge < -0.3 is 0 Å². The highest BCUT2D eigenvalue weighted by Gasteiger charge is 2.36. The maximum Gasteiger partial charge on any atom is 0.273 e. The number of hydrogen-bond donors (Lipinski definition) is 0. The third-order valence-electron chi connectivity index (χ3n) is 2.41. The van der Waals surface area contributed by atoms with Crippen molar-refractivity contribution in [2.75, 3.05) is 0 Å². The third kappa shape index (κ3) is 2.75. The smallest absolute Gasteiger partial charge is 0.207 e. The first kappa shape index (κ1) is 12.6. The summed E-state index contributed by atoms with van der Waals surface area (Å²) in [4.78, 5) is 0. The summed E-state index contributed by atoms with van der Waals surface area (Å²) in [7, 11) is 0. The molecule has 1 unspecified atom stereocenters. The predicted molar refractivity (Wildman–Crippen MR) is 59.1 cm³/mol. The molecule has 1 rings (SSSR count). The highest BCUT2D eigenvalue weighted by molar-refractivity contribution is 5.25. The van der Waals surface area contributed by atoms with Crippen LogP contribution >= 0.6 is 0 Å². The molecule has 0 saturated carbocycles. The Bertz CT molecular complexity index is 365. The Balaban J connectivity index is 3.06. The third-order valence-corrected chi connectivity index (χ3v) is 2.41. The molecule has 0 aliphatic heterocycles. The van der Waals surface area contributed by atoms with E-state index in [0.29, 0.717) is 11.6 Å². The van der Waals surface area contributed by atoms with E-state index in [1.807, 2.05) is 0 Å². The summed E-state index contributed by atoms with van der Waals surface area (Å²) in [6, 6.07) is 5.07. The molecule has 1 aromatic rings. The quantitative estimate of drug-likeness (QED) is 0.656. The number of hydrogen-bond acceptors (Lipinski definition) is 0. The average Bonchev–Trinajstić information content (AvgIpc) is 2.27. The standard InChI is InChI=1S/C13H13F3/c1-3-5-12(13(15,16)4-2)10-6-8-11(14)9-7-10/h3-4,6-9,12H,1-2,5H2. The van der Waals surface area contributed by atoms with Gasteiger partial charge in [0.25, 0.3) is 5.92 Å². The second kappa shape index (κ2) is 5.01. The van der Waals surface area contributed by atoms with Crippen molar-refractivity contribution in [3.63, 3.8) is 0 Å². The van der Waals surface area contributed by atoms with Crippen molar-refractivity contribution in [1.29, 1.82) is 0 Å². The second-order valence-electron chi connectivity index (χ2n) is 3.51. The van der Waals surface area contributed by atoms with Gasteiger partial charge in [0.15, 0.2) is 0 Å². The maximum absolute atomic E-state index is 13.5. The zero-order valence-electron chi connectivity index (χ0n) is 8.80. The van der Waals surface area contributed by atoms with Crippen molar-refractivity contribution < 1.29 is 13.2 Å². The van der Waals surface area contributed by atoms with Crippen LogP contribution in [0.4, 0.5) is 13.2 Å². The minimum Gasteiger partial charge on any atom is -0.207 e. The van der Waals surface area contributed by atoms with Crippen LogP contribution in [0.15, 0.2) is 49.6 Å². The summed E-state index contributed by atoms with van der Waals surface area (Å²) in [6.07, 6.45) is 2.15. The van der Waals surface area contributed by atoms with Crippen LogP contribution in [0.2, 0.25) is 0 Å². The Morgan fingerprint density at radius 3 is 2.19 bits per heavy atom. The van der Waals surface area contributed by atoms with E-state index in [-0.39, 0.29) is 6.42 Å². The molecule has 1 aromatic carbocycles. The molecule has 0 aliphatic rings. The molecule has 16 heavy (non-hydrogen) atoms. The Morgan fingerprint density at radius 1 is 1.19 bits per heavy atom. The molecule has 0 aromatic heterocycles. The van der Waals surface area contributed by atoms with E-state index in [0.717, 1.165) is 0 Å². The molecule has 86 valence electrons. The Kier molecular flexibility index (Phi) is 3.93. The summed E-state index contributed by atoms with van der Waals surface area (Å²) < 4.78 is 39.7. The first-order valence-electron chi connectivity index (χ1n) is 4.89. The van der Waals surface area contributed by atoms with Crippen LogP contribution in [0.5, 0.6) is 0 Å². The van der Waals surface area contributed by atoms with Crippen molar-refractivity contribution in [3.05, 3.63) is 61.0 Å². The number of allylic oxidation sites excluding steroid dienone is 2. The Hall–Kier alpha value is -1.51. The summed E-state index contributed by atoms with van der Waals surface area (Å²) in [5, 5.41) is 0. The van der Waals surface area contributed by atoms with Gasteiger partial charge in [0.2, 0.25) is 0 Å². The van der Waals surface area contributed by atoms with E-state index >= 15 is 0 Å². The number of rotatable bonds is 5. The molecule has 0 nitrogen and oxygen atoms in total. The fourth-order valence-electron chi connectivity index (χ4n) is 1.52. The van der Waals surface area contributed by atoms with Gasteiger partial charge in [0, 0.05) is 0 Å². The minimum absolute atomic E-state index is 0.116. The lowest BCUT2D eigenvalue weighted by atomic mass is 9.89. The molecule has 3 heteroatoms. The average molecular weight is 226 g/mol. The van der Waals surface area contributed by atoms with Crippen molar-refractivity contribution in [1.82, 2.24) is 0 Å². The van der Waals surface area contributed by atoms with Crippen LogP contribution < -0.4 is 0 Å². The number of halogens is 3. The van der Waals surface area contributed by atoms with E-state index in [2.05, 4.69) is 13.2 Å². The van der Waals surface area contributed by atoms with Gasteiger partial charge in [-0.1, -0.05) is 24.8 Å². The van der Waals surface area contributed by atoms with Crippen molar-refractivity contribution >= 4 is 0 Å². The molecule has 1 atom stereocenters. The molecule has 0 amide bonds. The molecule has 0 aliphatic carbocycles. The Labute approximate surface area is 93.1 Å². The SMILES string of the molecule is C=CCC(c1ccc(F)cc1)C(F)(F)C=C. The molecular formula is C13H13F3. The minimum atomic E-state index is -3.02. The molecule has 0 bridgehead atoms. The molecule has 0 fully saturated rings. The highest BCUT2D eigenvalue weighted by atomic mass is 19.3. The lowest BCUT2D eigenvalue weighted by Crippen LogP contribution is -2.23. The first-order chi connectivity index (χ1) is 7.51. The van der Waals surface area contributed by atoms with Gasteiger partial charge in [0.05, 0.1) is 5.92 Å². The first-order valence-corrected chi connectivity index (χ1v) is 4.89. The monoisotopic (exact) mass is 226 g/mol. The summed E-state index contributed by atoms with van der Waals surface area (Å²) in [5.41, 5.74) is 0.381. The lowest BCUT2D eigenvalue weighted by molar-refractivity contribution is 0.0250. The van der Waals surface area contributed by atoms with Crippen molar-refractivity contribution in [2.45, 2.75) is 18.3 Å². The van der Waals surface area contributed by atoms with E-state index in [1.165, 1.54) is 30.3 Å². The number of alkyl halides is 2. The van der Waals surface area contributed by atoms with Crippen LogP contribution in [0, 0.1) is 5.82 Å². The van der Waals surface area contributed by atoms with Gasteiger partial charge in [-0.15, -0.1) is 6.58 Å². The van der Waals surface area contributed by atoms with Gasteiger partial charge in [-0.05, 0) is 30.2 Å². The molecule has 0 radical (unpaired) electrons. The lowest BCUT2D eigenvalue weighted by Gasteiger charge is -2.23. The second-order valence-corrected chi connectivity index (χ2v) is 3.51. The normalized spacial score (nSPS) is 13.2. The predicted octanol–water partition coefficient (Wildman–Crippen LogP) is 4.31. The van der Waals surface area contributed by atoms with Gasteiger partial charge in [-0.3, -0.25) is 0 Å². The van der Waals surface area contributed by atoms with Crippen LogP contribution in [-0.2, 0) is 0 Å². The van der Waals surface area contributed by atoms with Gasteiger partial charge in [-0.25, -0.2) is 13.2 Å². The largest absolute Gasteiger partial charge is 0.273 e. The molecule has 0 saturated heterocycles. The van der Waals surface area contributed by atoms with E-state index < -0.39 is 17.7 Å². The van der Waals surface area contributed by atoms with Crippen LogP contribution in [0.3, 0.4) is 0 Å². The molecule has 0 heterocycles. The fourth-order valence-corrected chi connectivity index (χ4v) is 1.52. The summed E-state index contributed by atoms with van der Waals surface area (Å²) in [5.74, 6) is -4.50.